The number of rotatable bonds is 14. The summed E-state index contributed by atoms with van der Waals surface area (Å²) in [6.07, 6.45) is 2.87. The molecule has 0 aromatic heterocycles. The number of carbonyl (C=O) groups is 2. The molecule has 1 saturated heterocycles. The zero-order valence-corrected chi connectivity index (χ0v) is 29.1. The van der Waals surface area contributed by atoms with Crippen molar-refractivity contribution in [2.75, 3.05) is 66.4 Å². The number of unbranched alkanes of at least 4 members (excludes halogenated alkanes) is 1. The van der Waals surface area contributed by atoms with E-state index in [-0.39, 0.29) is 26.0 Å². The quantitative estimate of drug-likeness (QED) is 0.228. The monoisotopic (exact) mass is 674 g/mol. The van der Waals surface area contributed by atoms with Crippen molar-refractivity contribution in [3.8, 4) is 28.7 Å². The van der Waals surface area contributed by atoms with Gasteiger partial charge in [-0.3, -0.25) is 14.5 Å². The lowest BCUT2D eigenvalue weighted by atomic mass is 9.83. The number of likely N-dealkylation sites (tertiary alicyclic amines) is 1. The number of benzene rings is 3. The van der Waals surface area contributed by atoms with Gasteiger partial charge in [0, 0.05) is 36.3 Å². The van der Waals surface area contributed by atoms with Gasteiger partial charge in [-0.25, -0.2) is 0 Å². The third-order valence-corrected chi connectivity index (χ3v) is 9.58. The number of carbonyl (C=O) groups excluding carboxylic acids is 1. The van der Waals surface area contributed by atoms with Gasteiger partial charge in [0.25, 0.3) is 0 Å². The Hall–Kier alpha value is -4.48. The zero-order chi connectivity index (χ0) is 34.7. The van der Waals surface area contributed by atoms with Crippen LogP contribution in [-0.2, 0) is 22.6 Å². The van der Waals surface area contributed by atoms with E-state index in [4.69, 9.17) is 23.7 Å². The molecule has 3 aromatic carbocycles. The molecule has 262 valence electrons. The molecule has 3 aliphatic heterocycles. The predicted molar refractivity (Wildman–Crippen MR) is 185 cm³/mol. The van der Waals surface area contributed by atoms with Crippen LogP contribution >= 0.6 is 0 Å². The highest BCUT2D eigenvalue weighted by Gasteiger charge is 2.47. The average Bonchev–Trinajstić information content (AvgIpc) is 3.82. The molecule has 49 heavy (non-hydrogen) atoms. The first-order valence-electron chi connectivity index (χ1n) is 17.1. The molecule has 6 rings (SSSR count). The van der Waals surface area contributed by atoms with Gasteiger partial charge in [0.15, 0.2) is 23.0 Å². The minimum atomic E-state index is -0.907. The van der Waals surface area contributed by atoms with Crippen molar-refractivity contribution in [3.05, 3.63) is 71.3 Å². The minimum Gasteiger partial charge on any atom is -0.493 e. The molecular weight excluding hydrogens is 626 g/mol. The fourth-order valence-electron chi connectivity index (χ4n) is 7.39. The van der Waals surface area contributed by atoms with Crippen LogP contribution in [0.25, 0.3) is 0 Å². The molecule has 0 saturated carbocycles. The zero-order valence-electron chi connectivity index (χ0n) is 29.1. The molecule has 1 N–H and O–H groups in total. The maximum atomic E-state index is 14.4. The number of aryl methyl sites for hydroxylation is 1. The molecule has 0 aliphatic carbocycles. The van der Waals surface area contributed by atoms with Crippen molar-refractivity contribution in [1.82, 2.24) is 4.90 Å². The second-order valence-electron chi connectivity index (χ2n) is 14.1. The number of nitrogens with zero attached hydrogens (tertiary/aromatic N) is 3. The summed E-state index contributed by atoms with van der Waals surface area (Å²) in [4.78, 5) is 31.5. The summed E-state index contributed by atoms with van der Waals surface area (Å²) in [7, 11) is 8.00. The van der Waals surface area contributed by atoms with Crippen LogP contribution in [0.15, 0.2) is 54.6 Å². The van der Waals surface area contributed by atoms with E-state index in [2.05, 4.69) is 45.1 Å². The molecule has 11 heteroatoms. The Morgan fingerprint density at radius 3 is 2.47 bits per heavy atom. The van der Waals surface area contributed by atoms with E-state index in [0.717, 1.165) is 46.2 Å². The summed E-state index contributed by atoms with van der Waals surface area (Å²) < 4.78 is 29.1. The Labute approximate surface area is 288 Å². The van der Waals surface area contributed by atoms with Gasteiger partial charge in [-0.1, -0.05) is 37.6 Å². The van der Waals surface area contributed by atoms with Crippen LogP contribution in [0.5, 0.6) is 28.7 Å². The van der Waals surface area contributed by atoms with E-state index in [1.807, 2.05) is 47.4 Å². The fraction of sp³-hybridized carbons (Fsp3) is 0.474. The highest BCUT2D eigenvalue weighted by Crippen LogP contribution is 2.47. The van der Waals surface area contributed by atoms with Gasteiger partial charge < -0.3 is 38.2 Å². The highest BCUT2D eigenvalue weighted by molar-refractivity contribution is 5.95. The van der Waals surface area contributed by atoms with Crippen LogP contribution in [0.2, 0.25) is 0 Å². The molecule has 3 atom stereocenters. The van der Waals surface area contributed by atoms with Gasteiger partial charge in [0.2, 0.25) is 25.2 Å². The molecule has 3 aromatic rings. The van der Waals surface area contributed by atoms with E-state index in [9.17, 15) is 14.7 Å². The summed E-state index contributed by atoms with van der Waals surface area (Å²) in [5.41, 5.74) is 3.76. The van der Waals surface area contributed by atoms with Crippen LogP contribution in [-0.4, -0.2) is 93.9 Å². The topological polar surface area (TPSA) is 107 Å². The summed E-state index contributed by atoms with van der Waals surface area (Å²) in [6, 6.07) is 17.3. The maximum absolute atomic E-state index is 14.4. The first kappa shape index (κ1) is 34.4. The lowest BCUT2D eigenvalue weighted by Gasteiger charge is -2.30. The number of anilines is 1. The second-order valence-corrected chi connectivity index (χ2v) is 14.1. The Morgan fingerprint density at radius 1 is 0.980 bits per heavy atom. The van der Waals surface area contributed by atoms with E-state index in [1.54, 1.807) is 7.11 Å². The summed E-state index contributed by atoms with van der Waals surface area (Å²) >= 11 is 0. The molecule has 11 nitrogen and oxygen atoms in total. The Kier molecular flexibility index (Phi) is 10.2. The smallest absolute Gasteiger partial charge is 0.308 e. The lowest BCUT2D eigenvalue weighted by molar-refractivity contribution is -0.884. The molecule has 0 spiro atoms. The Morgan fingerprint density at radius 2 is 1.73 bits per heavy atom. The van der Waals surface area contributed by atoms with Gasteiger partial charge in [0.05, 0.1) is 40.7 Å². The standard InChI is InChI=1S/C38H47N3O8/c1-6-7-16-40(28-12-8-10-25(17-28)22-41(2,3)4)34(42)21-39-20-29(27-18-32(45-5)37-33(19-27)47-24-49-37)35(38(43)44)30(39)15-14-26-11-9-13-31-36(26)48-23-46-31/h8-13,17-19,29-30,35H,6-7,14-16,20-24H2,1-5H3/p+1/t29-,30+,35?/m1/s1. The highest BCUT2D eigenvalue weighted by atomic mass is 16.7. The van der Waals surface area contributed by atoms with Crippen molar-refractivity contribution in [1.29, 1.82) is 0 Å². The summed E-state index contributed by atoms with van der Waals surface area (Å²) in [5.74, 6) is 0.764. The van der Waals surface area contributed by atoms with E-state index < -0.39 is 23.8 Å². The normalized spacial score (nSPS) is 19.7. The first-order chi connectivity index (χ1) is 23.6. The largest absolute Gasteiger partial charge is 0.493 e. The lowest BCUT2D eigenvalue weighted by Crippen LogP contribution is -2.44. The van der Waals surface area contributed by atoms with Gasteiger partial charge in [-0.15, -0.1) is 0 Å². The van der Waals surface area contributed by atoms with Crippen LogP contribution in [0.4, 0.5) is 5.69 Å². The van der Waals surface area contributed by atoms with Crippen molar-refractivity contribution in [2.45, 2.75) is 51.1 Å². The molecular formula is C38H48N3O8+. The summed E-state index contributed by atoms with van der Waals surface area (Å²) in [5, 5.41) is 10.8. The van der Waals surface area contributed by atoms with Gasteiger partial charge in [-0.05, 0) is 60.7 Å². The van der Waals surface area contributed by atoms with E-state index in [0.29, 0.717) is 54.7 Å². The van der Waals surface area contributed by atoms with Gasteiger partial charge >= 0.3 is 5.97 Å². The summed E-state index contributed by atoms with van der Waals surface area (Å²) in [6.45, 7) is 4.22. The number of ether oxygens (including phenoxy) is 5. The first-order valence-corrected chi connectivity index (χ1v) is 17.1. The van der Waals surface area contributed by atoms with Crippen LogP contribution in [0, 0.1) is 5.92 Å². The molecule has 3 aliphatic rings. The molecule has 1 fully saturated rings. The predicted octanol–water partition coefficient (Wildman–Crippen LogP) is 5.29. The maximum Gasteiger partial charge on any atom is 0.308 e. The van der Waals surface area contributed by atoms with Crippen LogP contribution < -0.4 is 28.6 Å². The minimum absolute atomic E-state index is 0.0498. The number of hydrogen-bond acceptors (Lipinski definition) is 8. The number of para-hydroxylation sites is 1. The number of carboxylic acids is 1. The van der Waals surface area contributed by atoms with E-state index in [1.165, 1.54) is 0 Å². The molecule has 3 heterocycles. The molecule has 1 amide bonds. The molecule has 1 unspecified atom stereocenters. The van der Waals surface area contributed by atoms with Crippen molar-refractivity contribution >= 4 is 17.6 Å². The number of quaternary nitrogens is 1. The average molecular weight is 675 g/mol. The van der Waals surface area contributed by atoms with Crippen molar-refractivity contribution in [3.63, 3.8) is 0 Å². The number of fused-ring (bicyclic) bond motifs is 2. The third-order valence-electron chi connectivity index (χ3n) is 9.58. The second kappa shape index (κ2) is 14.6. The molecule has 0 radical (unpaired) electrons. The SMILES string of the molecule is CCCCN(C(=O)CN1C[C@H](c2cc(OC)c3c(c2)OCO3)C(C(=O)O)[C@@H]1CCc1cccc2c1OCO2)c1cccc(C[N+](C)(C)C)c1. The van der Waals surface area contributed by atoms with E-state index >= 15 is 0 Å². The molecule has 0 bridgehead atoms. The fourth-order valence-corrected chi connectivity index (χ4v) is 7.39. The number of amides is 1. The number of aliphatic carboxylic acids is 1. The number of methoxy groups -OCH3 is 1. The van der Waals surface area contributed by atoms with Crippen LogP contribution in [0.3, 0.4) is 0 Å². The number of hydrogen-bond donors (Lipinski definition) is 1. The van der Waals surface area contributed by atoms with Crippen molar-refractivity contribution < 1.29 is 42.9 Å². The Balaban J connectivity index is 1.33. The van der Waals surface area contributed by atoms with Gasteiger partial charge in [0.1, 0.15) is 6.54 Å². The Bertz CT molecular complexity index is 1670. The van der Waals surface area contributed by atoms with Crippen LogP contribution in [0.1, 0.15) is 48.8 Å². The number of carboxylic acid groups (broad SMARTS) is 1. The van der Waals surface area contributed by atoms with Gasteiger partial charge in [-0.2, -0.15) is 0 Å². The third kappa shape index (κ3) is 7.58. The van der Waals surface area contributed by atoms with Crippen molar-refractivity contribution in [2.24, 2.45) is 5.92 Å².